The predicted octanol–water partition coefficient (Wildman–Crippen LogP) is 2.57. The van der Waals surface area contributed by atoms with Gasteiger partial charge in [0, 0.05) is 43.2 Å². The van der Waals surface area contributed by atoms with Gasteiger partial charge in [-0.1, -0.05) is 25.3 Å². The summed E-state index contributed by atoms with van der Waals surface area (Å²) in [6.07, 6.45) is 5.57. The van der Waals surface area contributed by atoms with E-state index in [1.165, 1.54) is 6.42 Å². The maximum absolute atomic E-state index is 12.6. The summed E-state index contributed by atoms with van der Waals surface area (Å²) in [6.45, 7) is 0.591. The van der Waals surface area contributed by atoms with Gasteiger partial charge in [0.2, 0.25) is 5.91 Å². The van der Waals surface area contributed by atoms with Crippen molar-refractivity contribution >= 4 is 23.5 Å². The van der Waals surface area contributed by atoms with Crippen molar-refractivity contribution < 1.29 is 24.2 Å². The largest absolute Gasteiger partial charge is 0.480 e. The number of ether oxygens (including phenoxy) is 1. The Hall–Kier alpha value is -2.41. The summed E-state index contributed by atoms with van der Waals surface area (Å²) in [5, 5.41) is 15.1. The van der Waals surface area contributed by atoms with E-state index in [1.54, 1.807) is 24.3 Å². The summed E-state index contributed by atoms with van der Waals surface area (Å²) in [6, 6.07) is 6.62. The van der Waals surface area contributed by atoms with E-state index in [4.69, 9.17) is 4.74 Å². The molecule has 0 bridgehead atoms. The average Bonchev–Trinajstić information content (AvgIpc) is 2.69. The predicted molar refractivity (Wildman–Crippen MR) is 99.5 cm³/mol. The number of carbonyl (C=O) groups is 3. The molecule has 146 valence electrons. The molecule has 27 heavy (non-hydrogen) atoms. The lowest BCUT2D eigenvalue weighted by atomic mass is 9.88. The molecule has 3 N–H and O–H groups in total. The number of anilines is 1. The fraction of sp³-hybridized carbons (Fsp3) is 0.550. The molecule has 0 unspecified atom stereocenters. The summed E-state index contributed by atoms with van der Waals surface area (Å²) in [4.78, 5) is 36.7. The molecule has 1 saturated heterocycles. The van der Waals surface area contributed by atoms with Crippen molar-refractivity contribution in [3.63, 3.8) is 0 Å². The monoisotopic (exact) mass is 374 g/mol. The minimum absolute atomic E-state index is 0.0151. The van der Waals surface area contributed by atoms with E-state index in [9.17, 15) is 19.5 Å². The van der Waals surface area contributed by atoms with Crippen molar-refractivity contribution in [2.45, 2.75) is 50.5 Å². The van der Waals surface area contributed by atoms with Crippen molar-refractivity contribution in [3.8, 4) is 0 Å². The Bertz CT molecular complexity index is 706. The van der Waals surface area contributed by atoms with Gasteiger partial charge >= 0.3 is 5.97 Å². The summed E-state index contributed by atoms with van der Waals surface area (Å²) >= 11 is 0. The molecule has 3 rings (SSSR count). The van der Waals surface area contributed by atoms with Gasteiger partial charge in [-0.15, -0.1) is 0 Å². The Morgan fingerprint density at radius 3 is 2.44 bits per heavy atom. The maximum atomic E-state index is 12.6. The van der Waals surface area contributed by atoms with Crippen LogP contribution >= 0.6 is 0 Å². The zero-order chi connectivity index (χ0) is 19.3. The second-order valence-electron chi connectivity index (χ2n) is 7.36. The lowest BCUT2D eigenvalue weighted by Crippen LogP contribution is -2.57. The van der Waals surface area contributed by atoms with E-state index in [0.29, 0.717) is 24.5 Å². The Balaban J connectivity index is 1.67. The van der Waals surface area contributed by atoms with Crippen LogP contribution in [0.4, 0.5) is 5.69 Å². The molecule has 1 aromatic rings. The molecule has 7 nitrogen and oxygen atoms in total. The third-order valence-electron chi connectivity index (χ3n) is 5.48. The molecule has 1 aliphatic heterocycles. The molecule has 7 heteroatoms. The van der Waals surface area contributed by atoms with Crippen LogP contribution in [0.2, 0.25) is 0 Å². The fourth-order valence-corrected chi connectivity index (χ4v) is 3.75. The summed E-state index contributed by atoms with van der Waals surface area (Å²) in [7, 11) is 0. The van der Waals surface area contributed by atoms with E-state index in [0.717, 1.165) is 25.7 Å². The highest BCUT2D eigenvalue weighted by Crippen LogP contribution is 2.25. The molecule has 2 fully saturated rings. The molecule has 1 heterocycles. The van der Waals surface area contributed by atoms with E-state index >= 15 is 0 Å². The number of carboxylic acids is 1. The first-order valence-corrected chi connectivity index (χ1v) is 9.55. The lowest BCUT2D eigenvalue weighted by Gasteiger charge is -2.33. The molecular weight excluding hydrogens is 348 g/mol. The SMILES string of the molecule is O=C(NC1(C(=O)O)CCOCC1)c1cccc(NC(=O)C2CCCCC2)c1. The topological polar surface area (TPSA) is 105 Å². The molecule has 0 radical (unpaired) electrons. The number of hydrogen-bond acceptors (Lipinski definition) is 4. The molecule has 1 aromatic carbocycles. The number of nitrogens with one attached hydrogen (secondary N) is 2. The van der Waals surface area contributed by atoms with Crippen LogP contribution < -0.4 is 10.6 Å². The molecular formula is C20H26N2O5. The highest BCUT2D eigenvalue weighted by atomic mass is 16.5. The number of aliphatic carboxylic acids is 1. The first kappa shape index (κ1) is 19.4. The van der Waals surface area contributed by atoms with Crippen molar-refractivity contribution in [2.75, 3.05) is 18.5 Å². The van der Waals surface area contributed by atoms with Gasteiger partial charge in [-0.25, -0.2) is 4.79 Å². The minimum Gasteiger partial charge on any atom is -0.480 e. The highest BCUT2D eigenvalue weighted by Gasteiger charge is 2.41. The zero-order valence-electron chi connectivity index (χ0n) is 15.3. The summed E-state index contributed by atoms with van der Waals surface area (Å²) in [5.74, 6) is -1.51. The van der Waals surface area contributed by atoms with Gasteiger partial charge in [0.25, 0.3) is 5.91 Å². The lowest BCUT2D eigenvalue weighted by molar-refractivity contribution is -0.148. The molecule has 2 aliphatic rings. The Kier molecular flexibility index (Phi) is 6.11. The molecule has 1 saturated carbocycles. The Morgan fingerprint density at radius 1 is 1.07 bits per heavy atom. The molecule has 2 amide bonds. The fourth-order valence-electron chi connectivity index (χ4n) is 3.75. The number of hydrogen-bond donors (Lipinski definition) is 3. The molecule has 1 aliphatic carbocycles. The van der Waals surface area contributed by atoms with Crippen molar-refractivity contribution in [1.82, 2.24) is 5.32 Å². The smallest absolute Gasteiger partial charge is 0.329 e. The van der Waals surface area contributed by atoms with E-state index in [-0.39, 0.29) is 24.7 Å². The van der Waals surface area contributed by atoms with Crippen LogP contribution in [0.1, 0.15) is 55.3 Å². The molecule has 0 atom stereocenters. The number of carbonyl (C=O) groups excluding carboxylic acids is 2. The van der Waals surface area contributed by atoms with E-state index < -0.39 is 17.4 Å². The Labute approximate surface area is 158 Å². The van der Waals surface area contributed by atoms with E-state index in [1.807, 2.05) is 0 Å². The normalized spacial score (nSPS) is 19.9. The van der Waals surface area contributed by atoms with Crippen LogP contribution in [-0.4, -0.2) is 41.6 Å². The second-order valence-corrected chi connectivity index (χ2v) is 7.36. The molecule has 0 aromatic heterocycles. The first-order valence-electron chi connectivity index (χ1n) is 9.55. The highest BCUT2D eigenvalue weighted by molar-refractivity contribution is 6.00. The minimum atomic E-state index is -1.31. The zero-order valence-corrected chi connectivity index (χ0v) is 15.3. The number of carboxylic acid groups (broad SMARTS) is 1. The molecule has 0 spiro atoms. The van der Waals surface area contributed by atoms with Crippen LogP contribution in [-0.2, 0) is 14.3 Å². The van der Waals surface area contributed by atoms with Crippen LogP contribution in [0.3, 0.4) is 0 Å². The van der Waals surface area contributed by atoms with Crippen molar-refractivity contribution in [1.29, 1.82) is 0 Å². The van der Waals surface area contributed by atoms with Gasteiger partial charge in [-0.3, -0.25) is 9.59 Å². The maximum Gasteiger partial charge on any atom is 0.329 e. The van der Waals surface area contributed by atoms with Crippen LogP contribution in [0.15, 0.2) is 24.3 Å². The third-order valence-corrected chi connectivity index (χ3v) is 5.48. The van der Waals surface area contributed by atoms with Gasteiger partial charge in [0.05, 0.1) is 0 Å². The third kappa shape index (κ3) is 4.66. The van der Waals surface area contributed by atoms with Crippen molar-refractivity contribution in [2.24, 2.45) is 5.92 Å². The van der Waals surface area contributed by atoms with Crippen LogP contribution in [0.25, 0.3) is 0 Å². The van der Waals surface area contributed by atoms with Crippen LogP contribution in [0, 0.1) is 5.92 Å². The quantitative estimate of drug-likeness (QED) is 0.735. The van der Waals surface area contributed by atoms with Gasteiger partial charge in [-0.2, -0.15) is 0 Å². The standard InChI is InChI=1S/C20H26N2O5/c23-17(14-5-2-1-3-6-14)21-16-8-4-7-15(13-16)18(24)22-20(19(25)26)9-11-27-12-10-20/h4,7-8,13-14H,1-3,5-6,9-12H2,(H,21,23)(H,22,24)(H,25,26). The number of rotatable bonds is 5. The van der Waals surface area contributed by atoms with Crippen molar-refractivity contribution in [3.05, 3.63) is 29.8 Å². The average molecular weight is 374 g/mol. The number of amides is 2. The number of benzene rings is 1. The van der Waals surface area contributed by atoms with E-state index in [2.05, 4.69) is 10.6 Å². The van der Waals surface area contributed by atoms with Crippen LogP contribution in [0.5, 0.6) is 0 Å². The van der Waals surface area contributed by atoms with Gasteiger partial charge in [0.15, 0.2) is 0 Å². The summed E-state index contributed by atoms with van der Waals surface area (Å²) in [5.41, 5.74) is -0.436. The Morgan fingerprint density at radius 2 is 1.78 bits per heavy atom. The van der Waals surface area contributed by atoms with Gasteiger partial charge in [0.1, 0.15) is 5.54 Å². The second kappa shape index (κ2) is 8.52. The van der Waals surface area contributed by atoms with Gasteiger partial charge < -0.3 is 20.5 Å². The summed E-state index contributed by atoms with van der Waals surface area (Å²) < 4.78 is 5.22. The first-order chi connectivity index (χ1) is 13.0. The van der Waals surface area contributed by atoms with Gasteiger partial charge in [-0.05, 0) is 31.0 Å².